The van der Waals surface area contributed by atoms with Crippen LogP contribution in [0, 0.1) is 11.8 Å². The van der Waals surface area contributed by atoms with E-state index in [1.807, 2.05) is 0 Å². The van der Waals surface area contributed by atoms with Crippen LogP contribution in [0.15, 0.2) is 65.8 Å². The van der Waals surface area contributed by atoms with Crippen molar-refractivity contribution in [2.75, 3.05) is 52.9 Å². The maximum atomic E-state index is 15.5. The Balaban J connectivity index is 1.28. The number of likely N-dealkylation sites (N-methyl/N-ethyl adjacent to an activating group) is 4. The van der Waals surface area contributed by atoms with E-state index in [0.717, 1.165) is 54.0 Å². The summed E-state index contributed by atoms with van der Waals surface area (Å²) in [5.41, 5.74) is 0.514. The number of benzene rings is 2. The number of nitrogens with one attached hydrogen (secondary N) is 4. The molecule has 7 heterocycles. The molecule has 8 atom stereocenters. The number of nitrogens with zero attached hydrogens (tertiary/aromatic N) is 8. The summed E-state index contributed by atoms with van der Waals surface area (Å²) in [5, 5.41) is 10.4. The van der Waals surface area contributed by atoms with Gasteiger partial charge >= 0.3 is 11.9 Å². The molecule has 0 radical (unpaired) electrons. The Bertz CT molecular complexity index is 3130. The zero-order chi connectivity index (χ0) is 57.1. The van der Waals surface area contributed by atoms with Crippen molar-refractivity contribution in [1.82, 2.24) is 60.4 Å². The second-order valence-electron chi connectivity index (χ2n) is 20.0. The lowest BCUT2D eigenvalue weighted by Gasteiger charge is -2.53. The molecule has 5 aliphatic heterocycles. The number of thioether (sulfide) groups is 2. The molecule has 5 saturated heterocycles. The molecule has 416 valence electrons. The fraction of sp³-hybridized carbons (Fsp3) is 0.490. The molecule has 9 rings (SSSR count). The first-order valence-corrected chi connectivity index (χ1v) is 26.9. The Kier molecular flexibility index (Phi) is 17.5. The predicted octanol–water partition coefficient (Wildman–Crippen LogP) is -0.498. The van der Waals surface area contributed by atoms with Crippen LogP contribution >= 0.6 is 23.5 Å². The van der Waals surface area contributed by atoms with E-state index < -0.39 is 154 Å². The minimum absolute atomic E-state index is 0.187. The van der Waals surface area contributed by atoms with Crippen LogP contribution in [0.2, 0.25) is 0 Å². The summed E-state index contributed by atoms with van der Waals surface area (Å²) in [5.74, 6) is -11.4. The highest BCUT2D eigenvalue weighted by molar-refractivity contribution is 8.09. The molecular weight excluding hydrogens is 1050 g/mol. The van der Waals surface area contributed by atoms with Gasteiger partial charge in [-0.3, -0.25) is 52.7 Å². The number of para-hydroxylation sites is 3. The normalized spacial score (nSPS) is 26.6. The van der Waals surface area contributed by atoms with Gasteiger partial charge in [-0.2, -0.15) is 0 Å². The monoisotopic (exact) mass is 1110 g/mol. The van der Waals surface area contributed by atoms with E-state index in [9.17, 15) is 43.2 Å². The predicted molar refractivity (Wildman–Crippen MR) is 285 cm³/mol. The van der Waals surface area contributed by atoms with Crippen molar-refractivity contribution in [3.8, 4) is 0 Å². The maximum absolute atomic E-state index is 15.5. The molecule has 4 aromatic rings. The zero-order valence-electron chi connectivity index (χ0n) is 44.6. The third kappa shape index (κ3) is 11.5. The van der Waals surface area contributed by atoms with Crippen LogP contribution in [0.5, 0.6) is 0 Å². The van der Waals surface area contributed by atoms with E-state index in [4.69, 9.17) is 9.47 Å². The Labute approximate surface area is 456 Å². The van der Waals surface area contributed by atoms with Gasteiger partial charge in [0.05, 0.1) is 34.5 Å². The summed E-state index contributed by atoms with van der Waals surface area (Å²) in [4.78, 5) is 172. The van der Waals surface area contributed by atoms with Crippen molar-refractivity contribution in [3.05, 3.63) is 77.1 Å². The molecular formula is C51H62N12O13S2. The van der Waals surface area contributed by atoms with Crippen LogP contribution in [0.4, 0.5) is 0 Å². The number of aromatic nitrogens is 4. The number of esters is 2. The molecule has 25 nitrogen and oxygen atoms in total. The van der Waals surface area contributed by atoms with Crippen LogP contribution in [0.1, 0.15) is 52.0 Å². The van der Waals surface area contributed by atoms with Crippen LogP contribution < -0.4 is 26.8 Å². The van der Waals surface area contributed by atoms with E-state index in [-0.39, 0.29) is 11.1 Å². The summed E-state index contributed by atoms with van der Waals surface area (Å²) < 4.78 is 12.5. The second kappa shape index (κ2) is 23.5. The SMILES string of the molecule is CC(C)[C@H]1C(=O)OC[C@@H](NC(=O)c2cnc3ccccc3n2)C(=O)N[C@@H](C)C(=O)N(C)[C@]23CS[C@@](CS2)(C(=O)N1C)N(C)C(=O)[C@H](C)NC(=O)[C@@H](NC(=O)Cn1cnc2ccccc2c1=O)COC(=O)[C@H](C(C)C)N(C)C3=O. The Morgan fingerprint density at radius 1 is 0.667 bits per heavy atom. The van der Waals surface area contributed by atoms with Crippen LogP contribution in [-0.2, 0) is 59.2 Å². The summed E-state index contributed by atoms with van der Waals surface area (Å²) in [6, 6.07) is 4.14. The largest absolute Gasteiger partial charge is 0.461 e. The second-order valence-corrected chi connectivity index (χ2v) is 22.5. The molecule has 0 unspecified atom stereocenters. The molecule has 4 N–H and O–H groups in total. The maximum Gasteiger partial charge on any atom is 0.329 e. The average Bonchev–Trinajstić information content (AvgIpc) is 3.62. The molecule has 2 bridgehead atoms. The van der Waals surface area contributed by atoms with E-state index >= 15 is 9.59 Å². The van der Waals surface area contributed by atoms with Gasteiger partial charge in [0, 0.05) is 39.7 Å². The minimum atomic E-state index is -2.01. The highest BCUT2D eigenvalue weighted by Crippen LogP contribution is 2.50. The first-order valence-electron chi connectivity index (χ1n) is 24.9. The van der Waals surface area contributed by atoms with Gasteiger partial charge in [0.1, 0.15) is 61.7 Å². The van der Waals surface area contributed by atoms with Crippen LogP contribution in [0.25, 0.3) is 21.9 Å². The number of hydrogen-bond acceptors (Lipinski definition) is 18. The number of carbonyl (C=O) groups excluding carboxylic acids is 10. The minimum Gasteiger partial charge on any atom is -0.461 e. The molecule has 0 spiro atoms. The van der Waals surface area contributed by atoms with Crippen LogP contribution in [-0.4, -0.2) is 197 Å². The molecule has 0 saturated carbocycles. The molecule has 5 fully saturated rings. The Hall–Kier alpha value is -7.68. The molecule has 78 heavy (non-hydrogen) atoms. The van der Waals surface area contributed by atoms with Gasteiger partial charge in [-0.25, -0.2) is 19.6 Å². The van der Waals surface area contributed by atoms with Crippen LogP contribution in [0.3, 0.4) is 0 Å². The molecule has 27 heteroatoms. The lowest BCUT2D eigenvalue weighted by atomic mass is 10.0. The number of amides is 8. The Morgan fingerprint density at radius 2 is 1.13 bits per heavy atom. The molecule has 2 aromatic heterocycles. The summed E-state index contributed by atoms with van der Waals surface area (Å²) in [6.07, 6.45) is 2.36. The third-order valence-electron chi connectivity index (χ3n) is 13.9. The number of carbonyl (C=O) groups is 10. The van der Waals surface area contributed by atoms with Crippen molar-refractivity contribution in [1.29, 1.82) is 0 Å². The third-order valence-corrected chi connectivity index (χ3v) is 17.5. The van der Waals surface area contributed by atoms with Crippen molar-refractivity contribution >= 4 is 105 Å². The van der Waals surface area contributed by atoms with Crippen molar-refractivity contribution in [2.45, 2.75) is 94.1 Å². The van der Waals surface area contributed by atoms with E-state index in [1.54, 1.807) is 70.2 Å². The average molecular weight is 1120 g/mol. The number of fused-ring (bicyclic) bond motifs is 24. The topological polar surface area (TPSA) is 311 Å². The fourth-order valence-electron chi connectivity index (χ4n) is 9.47. The smallest absolute Gasteiger partial charge is 0.329 e. The fourth-order valence-corrected chi connectivity index (χ4v) is 13.1. The number of hydrogen-bond donors (Lipinski definition) is 4. The van der Waals surface area contributed by atoms with Crippen molar-refractivity contribution in [2.24, 2.45) is 11.8 Å². The zero-order valence-corrected chi connectivity index (χ0v) is 46.3. The highest BCUT2D eigenvalue weighted by atomic mass is 32.2. The highest BCUT2D eigenvalue weighted by Gasteiger charge is 2.61. The van der Waals surface area contributed by atoms with E-state index in [0.29, 0.717) is 16.6 Å². The molecule has 5 aliphatic rings. The van der Waals surface area contributed by atoms with Gasteiger partial charge in [-0.1, -0.05) is 52.0 Å². The van der Waals surface area contributed by atoms with Crippen molar-refractivity contribution in [3.63, 3.8) is 0 Å². The molecule has 0 aliphatic carbocycles. The standard InChI is InChI=1S/C51H62N12O13S2/c1-26(2)38-46(71)75-21-35(57-37(64)20-63-25-53-31-16-12-11-15-30(31)45(63)70)41(66)54-28(5)43(68)61(9)50-23-78-51(24-77-50,48(73)59(38)7)62(10)44(69)29(6)55-42(67)36(22-76-47(72)39(27(3)4)60(8)49(50)74)58-40(65)34-19-52-32-17-13-14-18-33(32)56-34/h11-19,25-29,35-36,38-39H,20-24H2,1-10H3,(H,54,66)(H,55,67)(H,57,64)(H,58,65)/t28-,29-,35-,36+,38-,39-,50-,51+/m0/s1. The lowest BCUT2D eigenvalue weighted by molar-refractivity contribution is -0.162. The number of ether oxygens (including phenoxy) is 2. The summed E-state index contributed by atoms with van der Waals surface area (Å²) >= 11 is 1.62. The lowest BCUT2D eigenvalue weighted by Crippen LogP contribution is -2.71. The molecule has 2 aromatic carbocycles. The van der Waals surface area contributed by atoms with Gasteiger partial charge in [0.25, 0.3) is 23.3 Å². The van der Waals surface area contributed by atoms with Gasteiger partial charge < -0.3 is 50.3 Å². The van der Waals surface area contributed by atoms with Crippen molar-refractivity contribution < 1.29 is 57.4 Å². The van der Waals surface area contributed by atoms with Gasteiger partial charge in [0.2, 0.25) is 29.5 Å². The van der Waals surface area contributed by atoms with Gasteiger partial charge in [-0.15, -0.1) is 23.5 Å². The first-order chi connectivity index (χ1) is 36.8. The summed E-state index contributed by atoms with van der Waals surface area (Å²) in [7, 11) is 5.24. The molecule has 8 amide bonds. The van der Waals surface area contributed by atoms with E-state index in [1.165, 1.54) is 54.3 Å². The first kappa shape index (κ1) is 58.0. The Morgan fingerprint density at radius 3 is 1.62 bits per heavy atom. The van der Waals surface area contributed by atoms with Gasteiger partial charge in [0.15, 0.2) is 9.74 Å². The number of rotatable bonds is 7. The van der Waals surface area contributed by atoms with Gasteiger partial charge in [-0.05, 0) is 49.9 Å². The van der Waals surface area contributed by atoms with E-state index in [2.05, 4.69) is 36.2 Å². The quantitative estimate of drug-likeness (QED) is 0.170. The summed E-state index contributed by atoms with van der Waals surface area (Å²) in [6.45, 7) is 6.93.